The van der Waals surface area contributed by atoms with Gasteiger partial charge in [-0.25, -0.2) is 4.79 Å². The molecule has 5 heteroatoms. The molecule has 3 nitrogen and oxygen atoms in total. The number of hydrogen-bond acceptors (Lipinski definition) is 3. The number of benzene rings is 1. The van der Waals surface area contributed by atoms with Crippen LogP contribution >= 0.6 is 23.4 Å². The summed E-state index contributed by atoms with van der Waals surface area (Å²) in [6, 6.07) is 4.81. The molecule has 0 unspecified atom stereocenters. The van der Waals surface area contributed by atoms with Crippen molar-refractivity contribution in [2.75, 3.05) is 5.75 Å². The number of carbonyl (C=O) groups is 2. The largest absolute Gasteiger partial charge is 0.478 e. The Balaban J connectivity index is 2.81. The molecule has 0 aliphatic rings. The van der Waals surface area contributed by atoms with Crippen molar-refractivity contribution in [2.24, 2.45) is 0 Å². The van der Waals surface area contributed by atoms with Gasteiger partial charge in [0.05, 0.1) is 10.6 Å². The van der Waals surface area contributed by atoms with Crippen molar-refractivity contribution in [3.05, 3.63) is 40.4 Å². The van der Waals surface area contributed by atoms with Crippen LogP contribution in [0.25, 0.3) is 6.08 Å². The molecule has 0 bridgehead atoms. The van der Waals surface area contributed by atoms with E-state index in [1.807, 2.05) is 0 Å². The molecule has 1 aromatic carbocycles. The van der Waals surface area contributed by atoms with Crippen molar-refractivity contribution in [3.8, 4) is 0 Å². The fourth-order valence-corrected chi connectivity index (χ4v) is 1.88. The van der Waals surface area contributed by atoms with Gasteiger partial charge in [-0.1, -0.05) is 47.6 Å². The fraction of sp³-hybridized carbons (Fsp3) is 0.167. The molecule has 1 aromatic rings. The maximum atomic E-state index is 10.8. The van der Waals surface area contributed by atoms with Crippen LogP contribution in [0, 0.1) is 0 Å². The number of carboxylic acid groups (broad SMARTS) is 1. The Labute approximate surface area is 108 Å². The van der Waals surface area contributed by atoms with Crippen LogP contribution in [0.15, 0.2) is 24.3 Å². The van der Waals surface area contributed by atoms with Gasteiger partial charge in [-0.05, 0) is 11.6 Å². The molecule has 1 N–H and O–H groups in total. The van der Waals surface area contributed by atoms with Gasteiger partial charge in [0.2, 0.25) is 0 Å². The molecule has 0 aliphatic heterocycles. The van der Waals surface area contributed by atoms with Gasteiger partial charge in [-0.15, -0.1) is 0 Å². The summed E-state index contributed by atoms with van der Waals surface area (Å²) in [6.45, 7) is 1.50. The molecule has 17 heavy (non-hydrogen) atoms. The average molecular weight is 271 g/mol. The summed E-state index contributed by atoms with van der Waals surface area (Å²) in [5, 5.41) is 9.13. The third kappa shape index (κ3) is 4.24. The Bertz CT molecular complexity index is 469. The van der Waals surface area contributed by atoms with E-state index in [0.29, 0.717) is 11.3 Å². The lowest BCUT2D eigenvalue weighted by Crippen LogP contribution is -1.97. The fourth-order valence-electron chi connectivity index (χ4n) is 1.18. The van der Waals surface area contributed by atoms with E-state index in [1.165, 1.54) is 24.8 Å². The van der Waals surface area contributed by atoms with Crippen LogP contribution in [0.1, 0.15) is 22.8 Å². The van der Waals surface area contributed by atoms with Gasteiger partial charge in [0.1, 0.15) is 0 Å². The van der Waals surface area contributed by atoms with Gasteiger partial charge in [0, 0.05) is 12.7 Å². The van der Waals surface area contributed by atoms with Crippen molar-refractivity contribution >= 4 is 40.5 Å². The second-order valence-corrected chi connectivity index (χ2v) is 4.79. The molecule has 0 saturated carbocycles. The molecule has 0 atom stereocenters. The van der Waals surface area contributed by atoms with Crippen LogP contribution in [-0.4, -0.2) is 21.9 Å². The summed E-state index contributed by atoms with van der Waals surface area (Å²) >= 11 is 7.12. The predicted octanol–water partition coefficient (Wildman–Crippen LogP) is 3.33. The summed E-state index contributed by atoms with van der Waals surface area (Å²) in [7, 11) is 0. The first-order valence-corrected chi connectivity index (χ1v) is 6.20. The van der Waals surface area contributed by atoms with Crippen molar-refractivity contribution in [3.63, 3.8) is 0 Å². The minimum atomic E-state index is -1.05. The van der Waals surface area contributed by atoms with Gasteiger partial charge in [0.25, 0.3) is 0 Å². The molecule has 1 rings (SSSR count). The molecule has 0 spiro atoms. The van der Waals surface area contributed by atoms with Gasteiger partial charge in [-0.2, -0.15) is 0 Å². The molecule has 90 valence electrons. The molecule has 0 aliphatic carbocycles. The zero-order valence-electron chi connectivity index (χ0n) is 9.14. The van der Waals surface area contributed by atoms with Crippen LogP contribution in [0.5, 0.6) is 0 Å². The number of halogens is 1. The van der Waals surface area contributed by atoms with E-state index < -0.39 is 5.97 Å². The molecule has 0 saturated heterocycles. The normalized spacial score (nSPS) is 10.7. The Morgan fingerprint density at radius 3 is 2.76 bits per heavy atom. The van der Waals surface area contributed by atoms with Crippen LogP contribution in [-0.2, 0) is 4.79 Å². The van der Waals surface area contributed by atoms with Crippen molar-refractivity contribution in [1.82, 2.24) is 0 Å². The third-order valence-electron chi connectivity index (χ3n) is 1.94. The lowest BCUT2D eigenvalue weighted by atomic mass is 10.1. The van der Waals surface area contributed by atoms with E-state index >= 15 is 0 Å². The standard InChI is InChI=1S/C12H11ClO3S/c1-8(14)17-7-3-5-9-4-2-6-10(11(9)13)12(15)16/h2-6H,7H2,1H3,(H,15,16). The SMILES string of the molecule is CC(=O)SCC=Cc1cccc(C(=O)O)c1Cl. The van der Waals surface area contributed by atoms with Gasteiger partial charge >= 0.3 is 5.97 Å². The monoisotopic (exact) mass is 270 g/mol. The van der Waals surface area contributed by atoms with E-state index in [1.54, 1.807) is 24.3 Å². The smallest absolute Gasteiger partial charge is 0.337 e. The zero-order chi connectivity index (χ0) is 12.8. The molecule has 0 heterocycles. The summed E-state index contributed by atoms with van der Waals surface area (Å²) in [4.78, 5) is 21.5. The van der Waals surface area contributed by atoms with Gasteiger partial charge in [-0.3, -0.25) is 4.79 Å². The van der Waals surface area contributed by atoms with E-state index in [0.717, 1.165) is 0 Å². The van der Waals surface area contributed by atoms with Crippen LogP contribution < -0.4 is 0 Å². The summed E-state index contributed by atoms with van der Waals surface area (Å²) in [6.07, 6.45) is 3.49. The first-order valence-electron chi connectivity index (χ1n) is 4.84. The van der Waals surface area contributed by atoms with E-state index in [-0.39, 0.29) is 15.7 Å². The Morgan fingerprint density at radius 1 is 1.47 bits per heavy atom. The molecule has 0 amide bonds. The van der Waals surface area contributed by atoms with Crippen molar-refractivity contribution in [1.29, 1.82) is 0 Å². The molecule has 0 radical (unpaired) electrons. The predicted molar refractivity (Wildman–Crippen MR) is 70.6 cm³/mol. The van der Waals surface area contributed by atoms with Crippen molar-refractivity contribution < 1.29 is 14.7 Å². The lowest BCUT2D eigenvalue weighted by Gasteiger charge is -2.02. The topological polar surface area (TPSA) is 54.4 Å². The number of thioether (sulfide) groups is 1. The number of carboxylic acids is 1. The number of hydrogen-bond donors (Lipinski definition) is 1. The first kappa shape index (κ1) is 13.8. The molecule has 0 aromatic heterocycles. The minimum Gasteiger partial charge on any atom is -0.478 e. The van der Waals surface area contributed by atoms with Crippen LogP contribution in [0.2, 0.25) is 5.02 Å². The Hall–Kier alpha value is -1.26. The first-order chi connectivity index (χ1) is 8.02. The number of aromatic carboxylic acids is 1. The highest BCUT2D eigenvalue weighted by Crippen LogP contribution is 2.22. The quantitative estimate of drug-likeness (QED) is 0.912. The summed E-state index contributed by atoms with van der Waals surface area (Å²) < 4.78 is 0. The molecular weight excluding hydrogens is 260 g/mol. The number of rotatable bonds is 4. The lowest BCUT2D eigenvalue weighted by molar-refractivity contribution is -0.109. The summed E-state index contributed by atoms with van der Waals surface area (Å²) in [5.74, 6) is -0.508. The van der Waals surface area contributed by atoms with E-state index in [2.05, 4.69) is 0 Å². The highest BCUT2D eigenvalue weighted by Gasteiger charge is 2.09. The molecule has 0 fully saturated rings. The second kappa shape index (κ2) is 6.47. The maximum Gasteiger partial charge on any atom is 0.337 e. The Morgan fingerprint density at radius 2 is 2.18 bits per heavy atom. The van der Waals surface area contributed by atoms with E-state index in [9.17, 15) is 9.59 Å². The number of carbonyl (C=O) groups excluding carboxylic acids is 1. The maximum absolute atomic E-state index is 10.8. The Kier molecular flexibility index (Phi) is 5.25. The second-order valence-electron chi connectivity index (χ2n) is 3.22. The van der Waals surface area contributed by atoms with Crippen LogP contribution in [0.4, 0.5) is 0 Å². The van der Waals surface area contributed by atoms with Crippen molar-refractivity contribution in [2.45, 2.75) is 6.92 Å². The summed E-state index contributed by atoms with van der Waals surface area (Å²) in [5.41, 5.74) is 0.712. The minimum absolute atomic E-state index is 0.0417. The van der Waals surface area contributed by atoms with Gasteiger partial charge < -0.3 is 5.11 Å². The third-order valence-corrected chi connectivity index (χ3v) is 3.13. The highest BCUT2D eigenvalue weighted by molar-refractivity contribution is 8.13. The highest BCUT2D eigenvalue weighted by atomic mass is 35.5. The van der Waals surface area contributed by atoms with E-state index in [4.69, 9.17) is 16.7 Å². The van der Waals surface area contributed by atoms with Gasteiger partial charge in [0.15, 0.2) is 5.12 Å². The van der Waals surface area contributed by atoms with Crippen LogP contribution in [0.3, 0.4) is 0 Å². The zero-order valence-corrected chi connectivity index (χ0v) is 10.7. The molecular formula is C12H11ClO3S. The average Bonchev–Trinajstić information content (AvgIpc) is 2.25.